The number of unbranched alkanes of at least 4 members (excludes halogenated alkanes) is 2. The molecule has 0 fully saturated rings. The minimum Gasteiger partial charge on any atom is -0.465 e. The summed E-state index contributed by atoms with van der Waals surface area (Å²) in [6.07, 6.45) is 5.50. The highest BCUT2D eigenvalue weighted by Crippen LogP contribution is 2.18. The van der Waals surface area contributed by atoms with Crippen molar-refractivity contribution in [1.82, 2.24) is 10.2 Å². The quantitative estimate of drug-likeness (QED) is 0.444. The lowest BCUT2D eigenvalue weighted by atomic mass is 9.92. The van der Waals surface area contributed by atoms with E-state index in [1.165, 1.54) is 19.3 Å². The minimum absolute atomic E-state index is 0.132. The average Bonchev–Trinajstić information content (AvgIpc) is 2.45. The molecule has 0 heterocycles. The van der Waals surface area contributed by atoms with Crippen LogP contribution in [0.5, 0.6) is 0 Å². The van der Waals surface area contributed by atoms with Crippen molar-refractivity contribution in [1.29, 1.82) is 0 Å². The molecule has 0 spiro atoms. The van der Waals surface area contributed by atoms with Crippen LogP contribution in [0.2, 0.25) is 0 Å². The monoisotopic (exact) mass is 300 g/mol. The first-order valence-electron chi connectivity index (χ1n) is 8.53. The number of carbonyl (C=O) groups excluding carboxylic acids is 1. The van der Waals surface area contributed by atoms with E-state index < -0.39 is 5.54 Å². The summed E-state index contributed by atoms with van der Waals surface area (Å²) in [4.78, 5) is 14.6. The Kier molecular flexibility index (Phi) is 10.7. The summed E-state index contributed by atoms with van der Waals surface area (Å²) < 4.78 is 5.26. The number of ether oxygens (including phenoxy) is 1. The maximum absolute atomic E-state index is 12.3. The molecular formula is C17H36N2O2. The van der Waals surface area contributed by atoms with Crippen LogP contribution in [0, 0.1) is 0 Å². The van der Waals surface area contributed by atoms with Crippen molar-refractivity contribution in [2.45, 2.75) is 78.3 Å². The van der Waals surface area contributed by atoms with Crippen LogP contribution in [0.25, 0.3) is 0 Å². The molecule has 4 heteroatoms. The number of nitrogens with one attached hydrogen (secondary N) is 1. The van der Waals surface area contributed by atoms with E-state index in [2.05, 4.69) is 38.0 Å². The Labute approximate surface area is 131 Å². The maximum atomic E-state index is 12.3. The van der Waals surface area contributed by atoms with E-state index in [0.717, 1.165) is 25.9 Å². The van der Waals surface area contributed by atoms with Crippen LogP contribution in [0.4, 0.5) is 0 Å². The van der Waals surface area contributed by atoms with Crippen molar-refractivity contribution < 1.29 is 9.53 Å². The van der Waals surface area contributed by atoms with E-state index in [9.17, 15) is 4.79 Å². The molecule has 0 saturated carbocycles. The fourth-order valence-corrected chi connectivity index (χ4v) is 2.50. The van der Waals surface area contributed by atoms with Crippen molar-refractivity contribution in [3.05, 3.63) is 0 Å². The van der Waals surface area contributed by atoms with Gasteiger partial charge in [-0.05, 0) is 60.2 Å². The summed E-state index contributed by atoms with van der Waals surface area (Å²) in [5.41, 5.74) is -0.593. The van der Waals surface area contributed by atoms with E-state index in [1.54, 1.807) is 0 Å². The Morgan fingerprint density at radius 3 is 2.43 bits per heavy atom. The molecule has 126 valence electrons. The summed E-state index contributed by atoms with van der Waals surface area (Å²) in [6.45, 7) is 12.7. The summed E-state index contributed by atoms with van der Waals surface area (Å²) in [5, 5.41) is 3.38. The molecule has 2 unspecified atom stereocenters. The van der Waals surface area contributed by atoms with Crippen LogP contribution in [0.15, 0.2) is 0 Å². The predicted molar refractivity (Wildman–Crippen MR) is 89.6 cm³/mol. The molecule has 0 saturated heterocycles. The van der Waals surface area contributed by atoms with Gasteiger partial charge in [0.25, 0.3) is 0 Å². The van der Waals surface area contributed by atoms with Crippen LogP contribution in [-0.4, -0.2) is 49.2 Å². The van der Waals surface area contributed by atoms with Gasteiger partial charge in [-0.3, -0.25) is 4.79 Å². The summed E-state index contributed by atoms with van der Waals surface area (Å²) in [7, 11) is 2.14. The Bertz CT molecular complexity index is 284. The molecule has 0 aliphatic rings. The molecule has 0 amide bonds. The van der Waals surface area contributed by atoms with Gasteiger partial charge < -0.3 is 15.0 Å². The number of nitrogens with zero attached hydrogens (tertiary/aromatic N) is 1. The topological polar surface area (TPSA) is 41.6 Å². The number of hydrogen-bond donors (Lipinski definition) is 1. The maximum Gasteiger partial charge on any atom is 0.326 e. The van der Waals surface area contributed by atoms with Gasteiger partial charge in [0.05, 0.1) is 6.61 Å². The van der Waals surface area contributed by atoms with Crippen LogP contribution < -0.4 is 5.32 Å². The third-order valence-electron chi connectivity index (χ3n) is 4.06. The van der Waals surface area contributed by atoms with Gasteiger partial charge in [0.15, 0.2) is 0 Å². The number of esters is 1. The van der Waals surface area contributed by atoms with E-state index >= 15 is 0 Å². The zero-order valence-electron chi connectivity index (χ0n) is 15.0. The first-order valence-corrected chi connectivity index (χ1v) is 8.53. The Morgan fingerprint density at radius 1 is 1.24 bits per heavy atom. The SMILES string of the molecule is CCCCCN(C)C(C)CC(C)(NCCC)C(=O)OCC. The molecule has 4 nitrogen and oxygen atoms in total. The largest absolute Gasteiger partial charge is 0.465 e. The van der Waals surface area contributed by atoms with Gasteiger partial charge in [-0.25, -0.2) is 0 Å². The second kappa shape index (κ2) is 11.0. The van der Waals surface area contributed by atoms with Gasteiger partial charge in [0.1, 0.15) is 5.54 Å². The Balaban J connectivity index is 4.59. The standard InChI is InChI=1S/C17H36N2O2/c1-7-10-11-13-19(6)15(4)14-17(5,18-12-8-2)16(20)21-9-3/h15,18H,7-14H2,1-6H3. The number of rotatable bonds is 12. The molecule has 0 aliphatic carbocycles. The molecule has 0 aromatic heterocycles. The first kappa shape index (κ1) is 20.4. The van der Waals surface area contributed by atoms with Crippen LogP contribution in [0.3, 0.4) is 0 Å². The third-order valence-corrected chi connectivity index (χ3v) is 4.06. The molecule has 0 aromatic carbocycles. The second-order valence-electron chi connectivity index (χ2n) is 6.22. The van der Waals surface area contributed by atoms with Crippen molar-refractivity contribution in [3.8, 4) is 0 Å². The van der Waals surface area contributed by atoms with Gasteiger partial charge in [0.2, 0.25) is 0 Å². The highest BCUT2D eigenvalue weighted by molar-refractivity contribution is 5.80. The molecule has 0 aromatic rings. The highest BCUT2D eigenvalue weighted by atomic mass is 16.5. The average molecular weight is 300 g/mol. The van der Waals surface area contributed by atoms with E-state index in [4.69, 9.17) is 4.74 Å². The Hall–Kier alpha value is -0.610. The summed E-state index contributed by atoms with van der Waals surface area (Å²) >= 11 is 0. The molecule has 0 bridgehead atoms. The van der Waals surface area contributed by atoms with Crippen LogP contribution >= 0.6 is 0 Å². The molecule has 0 aliphatic heterocycles. The molecular weight excluding hydrogens is 264 g/mol. The minimum atomic E-state index is -0.593. The van der Waals surface area contributed by atoms with Gasteiger partial charge in [-0.1, -0.05) is 26.7 Å². The van der Waals surface area contributed by atoms with Crippen molar-refractivity contribution in [2.24, 2.45) is 0 Å². The molecule has 0 radical (unpaired) electrons. The van der Waals surface area contributed by atoms with Gasteiger partial charge in [-0.2, -0.15) is 0 Å². The highest BCUT2D eigenvalue weighted by Gasteiger charge is 2.36. The van der Waals surface area contributed by atoms with Crippen molar-refractivity contribution in [3.63, 3.8) is 0 Å². The van der Waals surface area contributed by atoms with Crippen molar-refractivity contribution >= 4 is 5.97 Å². The first-order chi connectivity index (χ1) is 9.91. The van der Waals surface area contributed by atoms with Gasteiger partial charge >= 0.3 is 5.97 Å². The van der Waals surface area contributed by atoms with E-state index in [1.807, 2.05) is 13.8 Å². The fourth-order valence-electron chi connectivity index (χ4n) is 2.50. The smallest absolute Gasteiger partial charge is 0.326 e. The van der Waals surface area contributed by atoms with E-state index in [0.29, 0.717) is 12.6 Å². The third kappa shape index (κ3) is 7.82. The molecule has 2 atom stereocenters. The lowest BCUT2D eigenvalue weighted by Gasteiger charge is -2.34. The normalized spacial score (nSPS) is 15.8. The van der Waals surface area contributed by atoms with Gasteiger partial charge in [-0.15, -0.1) is 0 Å². The lowest BCUT2D eigenvalue weighted by molar-refractivity contribution is -0.151. The van der Waals surface area contributed by atoms with Crippen molar-refractivity contribution in [2.75, 3.05) is 26.7 Å². The zero-order valence-corrected chi connectivity index (χ0v) is 15.0. The molecule has 1 N–H and O–H groups in total. The fraction of sp³-hybridized carbons (Fsp3) is 0.941. The number of carbonyl (C=O) groups is 1. The zero-order chi connectivity index (χ0) is 16.3. The van der Waals surface area contributed by atoms with E-state index in [-0.39, 0.29) is 5.97 Å². The second-order valence-corrected chi connectivity index (χ2v) is 6.22. The lowest BCUT2D eigenvalue weighted by Crippen LogP contribution is -2.54. The number of hydrogen-bond acceptors (Lipinski definition) is 4. The molecule has 21 heavy (non-hydrogen) atoms. The summed E-state index contributed by atoms with van der Waals surface area (Å²) in [6, 6.07) is 0.348. The summed E-state index contributed by atoms with van der Waals surface area (Å²) in [5.74, 6) is -0.132. The predicted octanol–water partition coefficient (Wildman–Crippen LogP) is 3.21. The molecule has 0 rings (SSSR count). The van der Waals surface area contributed by atoms with Crippen LogP contribution in [0.1, 0.15) is 66.7 Å². The van der Waals surface area contributed by atoms with Gasteiger partial charge in [0, 0.05) is 6.04 Å². The Morgan fingerprint density at radius 2 is 1.90 bits per heavy atom. The van der Waals surface area contributed by atoms with Crippen LogP contribution in [-0.2, 0) is 9.53 Å².